The van der Waals surface area contributed by atoms with Gasteiger partial charge in [-0.3, -0.25) is 0 Å². The molecule has 0 aliphatic rings. The Morgan fingerprint density at radius 3 is 2.71 bits per heavy atom. The van der Waals surface area contributed by atoms with E-state index >= 15 is 0 Å². The van der Waals surface area contributed by atoms with Crippen molar-refractivity contribution >= 4 is 11.6 Å². The zero-order valence-electron chi connectivity index (χ0n) is 9.58. The monoisotopic (exact) mass is 254 g/mol. The summed E-state index contributed by atoms with van der Waals surface area (Å²) in [4.78, 5) is 0. The molecule has 2 aromatic rings. The van der Waals surface area contributed by atoms with Crippen LogP contribution < -0.4 is 0 Å². The van der Waals surface area contributed by atoms with Crippen molar-refractivity contribution in [2.75, 3.05) is 0 Å². The largest absolute Gasteiger partial charge is 0.423 e. The lowest BCUT2D eigenvalue weighted by Crippen LogP contribution is -1.97. The number of benzene rings is 1. The highest BCUT2D eigenvalue weighted by Crippen LogP contribution is 2.30. The van der Waals surface area contributed by atoms with Crippen LogP contribution in [0, 0.1) is 11.7 Å². The fourth-order valence-electron chi connectivity index (χ4n) is 1.70. The second kappa shape index (κ2) is 4.84. The average molecular weight is 255 g/mol. The highest BCUT2D eigenvalue weighted by Gasteiger charge is 2.16. The van der Waals surface area contributed by atoms with Crippen molar-refractivity contribution in [1.82, 2.24) is 10.2 Å². The summed E-state index contributed by atoms with van der Waals surface area (Å²) in [5.74, 6) is 0.112. The molecule has 1 aromatic heterocycles. The molecule has 17 heavy (non-hydrogen) atoms. The maximum atomic E-state index is 13.9. The molecule has 0 atom stereocenters. The molecule has 0 unspecified atom stereocenters. The van der Waals surface area contributed by atoms with E-state index in [4.69, 9.17) is 16.0 Å². The Balaban J connectivity index is 2.43. The molecule has 0 fully saturated rings. The van der Waals surface area contributed by atoms with Crippen molar-refractivity contribution in [2.24, 2.45) is 5.92 Å². The first-order valence-electron chi connectivity index (χ1n) is 5.32. The Bertz CT molecular complexity index is 488. The molecular formula is C12H12ClFN2O. The first-order chi connectivity index (χ1) is 8.08. The second-order valence-corrected chi connectivity index (χ2v) is 4.68. The van der Waals surface area contributed by atoms with Crippen LogP contribution >= 0.6 is 11.6 Å². The van der Waals surface area contributed by atoms with Crippen LogP contribution in [0.5, 0.6) is 0 Å². The minimum absolute atomic E-state index is 0.101. The first kappa shape index (κ1) is 12.0. The van der Waals surface area contributed by atoms with E-state index in [1.165, 1.54) is 6.07 Å². The topological polar surface area (TPSA) is 38.9 Å². The van der Waals surface area contributed by atoms with Gasteiger partial charge in [0, 0.05) is 0 Å². The van der Waals surface area contributed by atoms with E-state index in [-0.39, 0.29) is 11.5 Å². The Morgan fingerprint density at radius 1 is 1.41 bits per heavy atom. The molecule has 0 N–H and O–H groups in total. The van der Waals surface area contributed by atoms with Gasteiger partial charge < -0.3 is 4.42 Å². The smallest absolute Gasteiger partial charge is 0.251 e. The van der Waals surface area contributed by atoms with Crippen LogP contribution in [0.3, 0.4) is 0 Å². The van der Waals surface area contributed by atoms with Gasteiger partial charge in [0.05, 0.1) is 10.6 Å². The summed E-state index contributed by atoms with van der Waals surface area (Å²) in [6.45, 7) is 4.13. The number of halogens is 2. The number of hydrogen-bond donors (Lipinski definition) is 0. The summed E-state index contributed by atoms with van der Waals surface area (Å²) in [7, 11) is 0. The predicted molar refractivity (Wildman–Crippen MR) is 63.2 cm³/mol. The Labute approximate surface area is 104 Å². The molecular weight excluding hydrogens is 243 g/mol. The van der Waals surface area contributed by atoms with Crippen molar-refractivity contribution in [3.63, 3.8) is 0 Å². The molecule has 0 amide bonds. The molecule has 1 heterocycles. The van der Waals surface area contributed by atoms with Crippen molar-refractivity contribution < 1.29 is 8.81 Å². The minimum atomic E-state index is -0.433. The predicted octanol–water partition coefficient (Wildman–Crippen LogP) is 3.73. The van der Waals surface area contributed by atoms with Gasteiger partial charge in [0.15, 0.2) is 0 Å². The Kier molecular flexibility index (Phi) is 3.43. The number of aromatic nitrogens is 2. The molecule has 0 saturated carbocycles. The molecule has 0 radical (unpaired) electrons. The maximum Gasteiger partial charge on any atom is 0.251 e. The Morgan fingerprint density at radius 2 is 2.18 bits per heavy atom. The molecule has 0 spiro atoms. The summed E-state index contributed by atoms with van der Waals surface area (Å²) >= 11 is 6.04. The first-order valence-corrected chi connectivity index (χ1v) is 5.70. The summed E-state index contributed by atoms with van der Waals surface area (Å²) in [5.41, 5.74) is 1.03. The van der Waals surface area contributed by atoms with Gasteiger partial charge >= 0.3 is 0 Å². The van der Waals surface area contributed by atoms with Crippen molar-refractivity contribution in [2.45, 2.75) is 20.3 Å². The fourth-order valence-corrected chi connectivity index (χ4v) is 2.01. The van der Waals surface area contributed by atoms with Gasteiger partial charge in [0.25, 0.3) is 5.89 Å². The zero-order valence-corrected chi connectivity index (χ0v) is 10.3. The van der Waals surface area contributed by atoms with E-state index < -0.39 is 5.82 Å². The molecule has 5 heteroatoms. The molecule has 2 rings (SSSR count). The number of rotatable bonds is 3. The van der Waals surface area contributed by atoms with Crippen LogP contribution in [-0.2, 0) is 6.42 Å². The quantitative estimate of drug-likeness (QED) is 0.838. The van der Waals surface area contributed by atoms with E-state index in [9.17, 15) is 4.39 Å². The minimum Gasteiger partial charge on any atom is -0.423 e. The zero-order chi connectivity index (χ0) is 12.4. The molecule has 1 aromatic carbocycles. The lowest BCUT2D eigenvalue weighted by atomic mass is 10.0. The van der Waals surface area contributed by atoms with Crippen LogP contribution in [0.25, 0.3) is 11.5 Å². The molecule has 0 aliphatic heterocycles. The standard InChI is InChI=1S/C12H12ClFN2O/c1-7(2)3-8-4-9(13)11(10(14)5-8)12-16-15-6-17-12/h4-7H,3H2,1-2H3. The molecule has 0 bridgehead atoms. The summed E-state index contributed by atoms with van der Waals surface area (Å²) < 4.78 is 18.9. The van der Waals surface area contributed by atoms with E-state index in [0.717, 1.165) is 18.4 Å². The van der Waals surface area contributed by atoms with Crippen LogP contribution in [0.1, 0.15) is 19.4 Å². The Hall–Kier alpha value is -1.42. The SMILES string of the molecule is CC(C)Cc1cc(F)c(-c2nnco2)c(Cl)c1. The summed E-state index contributed by atoms with van der Waals surface area (Å²) in [6, 6.07) is 3.20. The van der Waals surface area contributed by atoms with E-state index in [1.807, 2.05) is 0 Å². The van der Waals surface area contributed by atoms with Crippen molar-refractivity contribution in [1.29, 1.82) is 0 Å². The molecule has 3 nitrogen and oxygen atoms in total. The third-order valence-corrected chi connectivity index (χ3v) is 2.62. The normalized spacial score (nSPS) is 11.1. The van der Waals surface area contributed by atoms with E-state index in [1.54, 1.807) is 6.07 Å². The van der Waals surface area contributed by atoms with Crippen LogP contribution in [0.15, 0.2) is 22.9 Å². The van der Waals surface area contributed by atoms with Gasteiger partial charge in [0.1, 0.15) is 5.82 Å². The second-order valence-electron chi connectivity index (χ2n) is 4.28. The maximum absolute atomic E-state index is 13.9. The van der Waals surface area contributed by atoms with Gasteiger partial charge in [-0.1, -0.05) is 25.4 Å². The lowest BCUT2D eigenvalue weighted by Gasteiger charge is -2.08. The lowest BCUT2D eigenvalue weighted by molar-refractivity contribution is 0.556. The third kappa shape index (κ3) is 2.64. The van der Waals surface area contributed by atoms with Gasteiger partial charge in [-0.25, -0.2) is 4.39 Å². The van der Waals surface area contributed by atoms with Crippen LogP contribution in [0.4, 0.5) is 4.39 Å². The van der Waals surface area contributed by atoms with Crippen LogP contribution in [-0.4, -0.2) is 10.2 Å². The summed E-state index contributed by atoms with van der Waals surface area (Å²) in [5, 5.41) is 7.46. The molecule has 90 valence electrons. The number of hydrogen-bond acceptors (Lipinski definition) is 3. The highest BCUT2D eigenvalue weighted by atomic mass is 35.5. The molecule has 0 aliphatic carbocycles. The van der Waals surface area contributed by atoms with E-state index in [2.05, 4.69) is 24.0 Å². The van der Waals surface area contributed by atoms with Gasteiger partial charge in [-0.2, -0.15) is 0 Å². The number of nitrogens with zero attached hydrogens (tertiary/aromatic N) is 2. The van der Waals surface area contributed by atoms with Crippen LogP contribution in [0.2, 0.25) is 5.02 Å². The fraction of sp³-hybridized carbons (Fsp3) is 0.333. The molecule has 0 saturated heterocycles. The van der Waals surface area contributed by atoms with Crippen molar-refractivity contribution in [3.8, 4) is 11.5 Å². The summed E-state index contributed by atoms with van der Waals surface area (Å²) in [6.07, 6.45) is 1.92. The highest BCUT2D eigenvalue weighted by molar-refractivity contribution is 6.33. The van der Waals surface area contributed by atoms with Gasteiger partial charge in [0.2, 0.25) is 6.39 Å². The third-order valence-electron chi connectivity index (χ3n) is 2.32. The van der Waals surface area contributed by atoms with Gasteiger partial charge in [-0.05, 0) is 30.0 Å². The van der Waals surface area contributed by atoms with Gasteiger partial charge in [-0.15, -0.1) is 10.2 Å². The average Bonchev–Trinajstić information content (AvgIpc) is 2.68. The van der Waals surface area contributed by atoms with E-state index in [0.29, 0.717) is 10.9 Å². The van der Waals surface area contributed by atoms with Crippen molar-refractivity contribution in [3.05, 3.63) is 34.9 Å².